The van der Waals surface area contributed by atoms with E-state index in [1.807, 2.05) is 0 Å². The van der Waals surface area contributed by atoms with Gasteiger partial charge in [-0.25, -0.2) is 0 Å². The molecule has 92 valence electrons. The Hall–Kier alpha value is -1.60. The molecule has 6 nitrogen and oxygen atoms in total. The van der Waals surface area contributed by atoms with E-state index in [-0.39, 0.29) is 11.4 Å². The Morgan fingerprint density at radius 1 is 1.24 bits per heavy atom. The first-order valence-electron chi connectivity index (χ1n) is 5.32. The summed E-state index contributed by atoms with van der Waals surface area (Å²) >= 11 is 0. The summed E-state index contributed by atoms with van der Waals surface area (Å²) in [4.78, 5) is 10.3. The lowest BCUT2D eigenvalue weighted by Gasteiger charge is -2.13. The van der Waals surface area contributed by atoms with Crippen molar-refractivity contribution < 1.29 is 18.9 Å². The minimum atomic E-state index is -0.925. The van der Waals surface area contributed by atoms with Crippen LogP contribution in [0, 0.1) is 10.1 Å². The number of hydrogen-bond donors (Lipinski definition) is 0. The molecular weight excluding hydrogens is 225 g/mol. The zero-order valence-electron chi connectivity index (χ0n) is 9.79. The molecule has 0 saturated heterocycles. The zero-order chi connectivity index (χ0) is 12.7. The maximum absolute atomic E-state index is 10.8. The molecule has 1 aromatic carbocycles. The van der Waals surface area contributed by atoms with Crippen LogP contribution in [0.1, 0.15) is 13.8 Å². The molecule has 0 radical (unpaired) electrons. The van der Waals surface area contributed by atoms with Gasteiger partial charge in [0.25, 0.3) is 0 Å². The van der Waals surface area contributed by atoms with Crippen LogP contribution < -0.4 is 4.65 Å². The molecule has 0 spiro atoms. The van der Waals surface area contributed by atoms with Gasteiger partial charge in [-0.15, -0.1) is 0 Å². The number of rotatable bonds is 7. The van der Waals surface area contributed by atoms with Crippen molar-refractivity contribution in [2.24, 2.45) is 0 Å². The molecule has 0 aromatic heterocycles. The van der Waals surface area contributed by atoms with E-state index >= 15 is 0 Å². The molecule has 0 amide bonds. The molecule has 0 aliphatic carbocycles. The maximum Gasteiger partial charge on any atom is 0.713 e. The fourth-order valence-electron chi connectivity index (χ4n) is 1.20. The highest BCUT2D eigenvalue weighted by molar-refractivity contribution is 6.37. The number of nitro benzene ring substituents is 1. The van der Waals surface area contributed by atoms with Gasteiger partial charge in [0.15, 0.2) is 5.75 Å². The first-order valence-corrected chi connectivity index (χ1v) is 5.32. The van der Waals surface area contributed by atoms with Crippen molar-refractivity contribution in [3.8, 4) is 5.75 Å². The van der Waals surface area contributed by atoms with Gasteiger partial charge >= 0.3 is 13.0 Å². The number of hydrogen-bond acceptors (Lipinski definition) is 5. The van der Waals surface area contributed by atoms with E-state index in [1.165, 1.54) is 12.1 Å². The molecule has 1 aromatic rings. The highest BCUT2D eigenvalue weighted by Gasteiger charge is 2.26. The first-order chi connectivity index (χ1) is 8.19. The number of nitrogens with zero attached hydrogens (tertiary/aromatic N) is 1. The van der Waals surface area contributed by atoms with Gasteiger partial charge in [0.1, 0.15) is 0 Å². The summed E-state index contributed by atoms with van der Waals surface area (Å²) in [7, 11) is -0.925. The molecular formula is C10H14BNO5. The van der Waals surface area contributed by atoms with Gasteiger partial charge in [-0.05, 0) is 19.9 Å². The van der Waals surface area contributed by atoms with Crippen LogP contribution in [0.3, 0.4) is 0 Å². The largest absolute Gasteiger partial charge is 0.713 e. The molecule has 0 fully saturated rings. The van der Waals surface area contributed by atoms with Crippen LogP contribution in [0.4, 0.5) is 5.69 Å². The molecule has 0 atom stereocenters. The lowest BCUT2D eigenvalue weighted by molar-refractivity contribution is -0.385. The minimum absolute atomic E-state index is 0.114. The summed E-state index contributed by atoms with van der Waals surface area (Å²) in [5.74, 6) is 0.129. The molecule has 0 N–H and O–H groups in total. The van der Waals surface area contributed by atoms with E-state index in [2.05, 4.69) is 0 Å². The Morgan fingerprint density at radius 2 is 1.82 bits per heavy atom. The highest BCUT2D eigenvalue weighted by atomic mass is 16.7. The average molecular weight is 239 g/mol. The van der Waals surface area contributed by atoms with Crippen LogP contribution >= 0.6 is 0 Å². The summed E-state index contributed by atoms with van der Waals surface area (Å²) in [6.45, 7) is 4.36. The van der Waals surface area contributed by atoms with Crippen molar-refractivity contribution in [3.05, 3.63) is 34.4 Å². The Labute approximate surface area is 99.8 Å². The van der Waals surface area contributed by atoms with Gasteiger partial charge in [-0.2, -0.15) is 0 Å². The summed E-state index contributed by atoms with van der Waals surface area (Å²) in [6, 6.07) is 6.09. The van der Waals surface area contributed by atoms with Crippen molar-refractivity contribution in [2.45, 2.75) is 13.8 Å². The number of benzene rings is 1. The van der Waals surface area contributed by atoms with E-state index < -0.39 is 12.2 Å². The SMILES string of the molecule is CCOB(OCC)Oc1ccccc1[N+](=O)[O-]. The predicted octanol–water partition coefficient (Wildman–Crippen LogP) is 2.03. The summed E-state index contributed by atoms with van der Waals surface area (Å²) in [5.41, 5.74) is -0.114. The summed E-state index contributed by atoms with van der Waals surface area (Å²) in [5, 5.41) is 10.8. The second-order valence-corrected chi connectivity index (χ2v) is 3.04. The Morgan fingerprint density at radius 3 is 2.35 bits per heavy atom. The molecule has 0 unspecified atom stereocenters. The van der Waals surface area contributed by atoms with Crippen LogP contribution in [0.25, 0.3) is 0 Å². The van der Waals surface area contributed by atoms with Crippen LogP contribution in [-0.4, -0.2) is 25.5 Å². The zero-order valence-corrected chi connectivity index (χ0v) is 9.79. The van der Waals surface area contributed by atoms with E-state index in [0.29, 0.717) is 13.2 Å². The normalized spacial score (nSPS) is 10.0. The molecule has 17 heavy (non-hydrogen) atoms. The van der Waals surface area contributed by atoms with Gasteiger partial charge < -0.3 is 14.0 Å². The van der Waals surface area contributed by atoms with Gasteiger partial charge in [0, 0.05) is 19.3 Å². The first kappa shape index (κ1) is 13.5. The minimum Gasteiger partial charge on any atom is -0.507 e. The lowest BCUT2D eigenvalue weighted by atomic mass is 10.2. The topological polar surface area (TPSA) is 70.8 Å². The van der Waals surface area contributed by atoms with Gasteiger partial charge in [-0.1, -0.05) is 12.1 Å². The van der Waals surface area contributed by atoms with Gasteiger partial charge in [0.05, 0.1) is 4.92 Å². The van der Waals surface area contributed by atoms with Crippen molar-refractivity contribution in [2.75, 3.05) is 13.2 Å². The van der Waals surface area contributed by atoms with Crippen molar-refractivity contribution in [3.63, 3.8) is 0 Å². The van der Waals surface area contributed by atoms with Crippen LogP contribution in [0.5, 0.6) is 5.75 Å². The Bertz CT molecular complexity index is 367. The third kappa shape index (κ3) is 4.05. The van der Waals surface area contributed by atoms with Crippen LogP contribution in [0.2, 0.25) is 0 Å². The quantitative estimate of drug-likeness (QED) is 0.413. The highest BCUT2D eigenvalue weighted by Crippen LogP contribution is 2.26. The van der Waals surface area contributed by atoms with Crippen molar-refractivity contribution >= 4 is 13.0 Å². The van der Waals surface area contributed by atoms with E-state index in [1.54, 1.807) is 26.0 Å². The molecule has 0 aliphatic rings. The molecule has 0 bridgehead atoms. The van der Waals surface area contributed by atoms with Gasteiger partial charge in [-0.3, -0.25) is 10.1 Å². The number of para-hydroxylation sites is 2. The van der Waals surface area contributed by atoms with Gasteiger partial charge in [0.2, 0.25) is 0 Å². The predicted molar refractivity (Wildman–Crippen MR) is 62.7 cm³/mol. The lowest BCUT2D eigenvalue weighted by Crippen LogP contribution is -2.30. The molecule has 1 rings (SSSR count). The van der Waals surface area contributed by atoms with Crippen molar-refractivity contribution in [1.82, 2.24) is 0 Å². The van der Waals surface area contributed by atoms with E-state index in [4.69, 9.17) is 14.0 Å². The second kappa shape index (κ2) is 6.87. The Kier molecular flexibility index (Phi) is 5.45. The average Bonchev–Trinajstić information content (AvgIpc) is 2.30. The molecule has 0 aliphatic heterocycles. The fraction of sp³-hybridized carbons (Fsp3) is 0.400. The summed E-state index contributed by atoms with van der Waals surface area (Å²) in [6.07, 6.45) is 0. The Balaban J connectivity index is 2.80. The van der Waals surface area contributed by atoms with E-state index in [0.717, 1.165) is 0 Å². The molecule has 0 heterocycles. The third-order valence-electron chi connectivity index (χ3n) is 1.89. The van der Waals surface area contributed by atoms with Crippen LogP contribution in [0.15, 0.2) is 24.3 Å². The second-order valence-electron chi connectivity index (χ2n) is 3.04. The van der Waals surface area contributed by atoms with Crippen LogP contribution in [-0.2, 0) is 9.31 Å². The monoisotopic (exact) mass is 239 g/mol. The third-order valence-corrected chi connectivity index (χ3v) is 1.89. The smallest absolute Gasteiger partial charge is 0.507 e. The standard InChI is InChI=1S/C10H14BNO5/c1-3-15-11(16-4-2)17-10-8-6-5-7-9(10)12(13)14/h5-8H,3-4H2,1-2H3. The number of nitro groups is 1. The molecule has 7 heteroatoms. The maximum atomic E-state index is 10.8. The fourth-order valence-corrected chi connectivity index (χ4v) is 1.20. The molecule has 0 saturated carbocycles. The van der Waals surface area contributed by atoms with E-state index in [9.17, 15) is 10.1 Å². The van der Waals surface area contributed by atoms with Crippen molar-refractivity contribution in [1.29, 1.82) is 0 Å². The summed E-state index contributed by atoms with van der Waals surface area (Å²) < 4.78 is 15.6.